The number of aryl methyl sites for hydroxylation is 1. The number of ether oxygens (including phenoxy) is 1. The Balaban J connectivity index is 1.85. The van der Waals surface area contributed by atoms with Gasteiger partial charge in [0.15, 0.2) is 5.69 Å². The van der Waals surface area contributed by atoms with Gasteiger partial charge in [0.25, 0.3) is 5.69 Å². The van der Waals surface area contributed by atoms with Crippen LogP contribution >= 0.6 is 46.3 Å². The van der Waals surface area contributed by atoms with E-state index in [4.69, 9.17) is 32.9 Å². The number of halogens is 2. The van der Waals surface area contributed by atoms with Crippen molar-refractivity contribution in [1.82, 2.24) is 14.8 Å². The van der Waals surface area contributed by atoms with Gasteiger partial charge in [-0.15, -0.1) is 11.8 Å². The molecule has 12 heteroatoms. The van der Waals surface area contributed by atoms with Gasteiger partial charge in [-0.3, -0.25) is 10.1 Å². The van der Waals surface area contributed by atoms with Crippen molar-refractivity contribution in [2.75, 3.05) is 12.9 Å². The number of hydrogen-bond acceptors (Lipinski definition) is 8. The van der Waals surface area contributed by atoms with Crippen molar-refractivity contribution in [3.8, 4) is 16.4 Å². The first-order valence-corrected chi connectivity index (χ1v) is 14.3. The van der Waals surface area contributed by atoms with E-state index in [1.165, 1.54) is 29.2 Å². The Labute approximate surface area is 238 Å². The van der Waals surface area contributed by atoms with Crippen LogP contribution in [0.2, 0.25) is 10.0 Å². The van der Waals surface area contributed by atoms with Gasteiger partial charge in [0.05, 0.1) is 37.7 Å². The van der Waals surface area contributed by atoms with Crippen molar-refractivity contribution in [3.63, 3.8) is 0 Å². The summed E-state index contributed by atoms with van der Waals surface area (Å²) in [4.78, 5) is 29.1. The number of thioether (sulfide) groups is 1. The zero-order valence-corrected chi connectivity index (χ0v) is 24.0. The van der Waals surface area contributed by atoms with E-state index < -0.39 is 10.9 Å². The minimum atomic E-state index is -0.606. The molecule has 198 valence electrons. The summed E-state index contributed by atoms with van der Waals surface area (Å²) in [7, 11) is 1.29. The number of esters is 1. The Morgan fingerprint density at radius 2 is 1.97 bits per heavy atom. The number of nitro benzene ring substituents is 1. The fourth-order valence-electron chi connectivity index (χ4n) is 3.86. The van der Waals surface area contributed by atoms with Crippen LogP contribution in [-0.2, 0) is 11.2 Å². The average Bonchev–Trinajstić information content (AvgIpc) is 3.46. The standard InChI is InChI=1S/C26H24Cl2N4O4S2/c1-4-5-12-37-25-22(17-10-11-19(27)20(28)14-17)29-26(38-25)31-23(24(33)36-3)18(15(2)30-31)13-16-8-6-7-9-21(16)32(34)35/h6-11,14H,4-5,12-13H2,1-3H3. The predicted octanol–water partition coefficient (Wildman–Crippen LogP) is 7.79. The lowest BCUT2D eigenvalue weighted by Crippen LogP contribution is -2.13. The molecule has 0 unspecified atom stereocenters. The van der Waals surface area contributed by atoms with E-state index in [2.05, 4.69) is 12.0 Å². The largest absolute Gasteiger partial charge is 0.464 e. The highest BCUT2D eigenvalue weighted by Crippen LogP contribution is 2.40. The normalized spacial score (nSPS) is 11.1. The number of thiazole rings is 1. The highest BCUT2D eigenvalue weighted by atomic mass is 35.5. The molecule has 0 aliphatic rings. The molecule has 0 saturated carbocycles. The SMILES string of the molecule is CCCCSc1sc(-n2nc(C)c(Cc3ccccc3[N+](=O)[O-])c2C(=O)OC)nc1-c1ccc(Cl)c(Cl)c1. The van der Waals surface area contributed by atoms with Gasteiger partial charge in [0.2, 0.25) is 5.13 Å². The number of carbonyl (C=O) groups is 1. The number of rotatable bonds is 10. The molecule has 0 saturated heterocycles. The molecule has 0 fully saturated rings. The Hall–Kier alpha value is -2.92. The number of nitro groups is 1. The van der Waals surface area contributed by atoms with Gasteiger partial charge >= 0.3 is 5.97 Å². The molecule has 0 radical (unpaired) electrons. The molecule has 0 aliphatic carbocycles. The number of unbranched alkanes of at least 4 members (excludes halogenated alkanes) is 1. The molecule has 0 amide bonds. The summed E-state index contributed by atoms with van der Waals surface area (Å²) in [6.07, 6.45) is 2.23. The number of benzene rings is 2. The maximum atomic E-state index is 13.0. The van der Waals surface area contributed by atoms with Crippen molar-refractivity contribution in [1.29, 1.82) is 0 Å². The molecular weight excluding hydrogens is 567 g/mol. The quantitative estimate of drug-likeness (QED) is 0.0610. The molecule has 0 aliphatic heterocycles. The average molecular weight is 592 g/mol. The first kappa shape index (κ1) is 28.1. The monoisotopic (exact) mass is 590 g/mol. The molecule has 2 aromatic heterocycles. The van der Waals surface area contributed by atoms with E-state index in [0.29, 0.717) is 37.7 Å². The van der Waals surface area contributed by atoms with E-state index in [1.54, 1.807) is 49.0 Å². The van der Waals surface area contributed by atoms with Crippen molar-refractivity contribution in [3.05, 3.63) is 85.1 Å². The lowest BCUT2D eigenvalue weighted by Gasteiger charge is -2.07. The minimum Gasteiger partial charge on any atom is -0.464 e. The summed E-state index contributed by atoms with van der Waals surface area (Å²) in [5.41, 5.74) is 3.23. The molecule has 4 rings (SSSR count). The molecule has 38 heavy (non-hydrogen) atoms. The van der Waals surface area contributed by atoms with Crippen molar-refractivity contribution < 1.29 is 14.5 Å². The third-order valence-electron chi connectivity index (χ3n) is 5.81. The van der Waals surface area contributed by atoms with Gasteiger partial charge < -0.3 is 4.74 Å². The third-order valence-corrected chi connectivity index (χ3v) is 8.93. The second-order valence-electron chi connectivity index (χ2n) is 8.34. The number of nitrogens with zero attached hydrogens (tertiary/aromatic N) is 4. The van der Waals surface area contributed by atoms with Crippen LogP contribution in [-0.4, -0.2) is 38.5 Å². The van der Waals surface area contributed by atoms with Gasteiger partial charge in [-0.25, -0.2) is 9.78 Å². The molecule has 8 nitrogen and oxygen atoms in total. The number of para-hydroxylation sites is 1. The molecule has 2 heterocycles. The smallest absolute Gasteiger partial charge is 0.357 e. The molecule has 0 bridgehead atoms. The highest BCUT2D eigenvalue weighted by Gasteiger charge is 2.28. The number of methoxy groups -OCH3 is 1. The molecule has 4 aromatic rings. The van der Waals surface area contributed by atoms with E-state index in [-0.39, 0.29) is 17.8 Å². The van der Waals surface area contributed by atoms with E-state index in [0.717, 1.165) is 28.4 Å². The van der Waals surface area contributed by atoms with E-state index in [1.807, 2.05) is 6.07 Å². The maximum Gasteiger partial charge on any atom is 0.357 e. The van der Waals surface area contributed by atoms with Crippen molar-refractivity contribution in [2.24, 2.45) is 0 Å². The summed E-state index contributed by atoms with van der Waals surface area (Å²) in [5, 5.41) is 17.6. The maximum absolute atomic E-state index is 13.0. The Morgan fingerprint density at radius 1 is 1.21 bits per heavy atom. The lowest BCUT2D eigenvalue weighted by molar-refractivity contribution is -0.385. The number of hydrogen-bond donors (Lipinski definition) is 0. The fourth-order valence-corrected chi connectivity index (χ4v) is 6.57. The van der Waals surface area contributed by atoms with Gasteiger partial charge in [-0.2, -0.15) is 9.78 Å². The van der Waals surface area contributed by atoms with Crippen LogP contribution in [0.4, 0.5) is 5.69 Å². The zero-order chi connectivity index (χ0) is 27.4. The minimum absolute atomic E-state index is 0.0266. The summed E-state index contributed by atoms with van der Waals surface area (Å²) in [6, 6.07) is 11.8. The number of aromatic nitrogens is 3. The first-order chi connectivity index (χ1) is 18.2. The zero-order valence-electron chi connectivity index (χ0n) is 20.9. The summed E-state index contributed by atoms with van der Waals surface area (Å²) < 4.78 is 7.53. The second-order valence-corrected chi connectivity index (χ2v) is 11.5. The van der Waals surface area contributed by atoms with Crippen molar-refractivity contribution >= 4 is 58.0 Å². The van der Waals surface area contributed by atoms with Gasteiger partial charge in [0, 0.05) is 29.2 Å². The Morgan fingerprint density at radius 3 is 2.66 bits per heavy atom. The Kier molecular flexibility index (Phi) is 9.09. The van der Waals surface area contributed by atoms with E-state index >= 15 is 0 Å². The van der Waals surface area contributed by atoms with Crippen molar-refractivity contribution in [2.45, 2.75) is 37.3 Å². The molecule has 0 atom stereocenters. The van der Waals surface area contributed by atoms with Crippen LogP contribution in [0.3, 0.4) is 0 Å². The van der Waals surface area contributed by atoms with Crippen LogP contribution < -0.4 is 0 Å². The van der Waals surface area contributed by atoms with Crippen LogP contribution in [0.5, 0.6) is 0 Å². The second kappa shape index (κ2) is 12.3. The molecule has 2 aromatic carbocycles. The van der Waals surface area contributed by atoms with Crippen LogP contribution in [0.1, 0.15) is 47.1 Å². The fraction of sp³-hybridized carbons (Fsp3) is 0.269. The van der Waals surface area contributed by atoms with Gasteiger partial charge in [0.1, 0.15) is 0 Å². The predicted molar refractivity (Wildman–Crippen MR) is 152 cm³/mol. The lowest BCUT2D eigenvalue weighted by atomic mass is 10.0. The first-order valence-electron chi connectivity index (χ1n) is 11.7. The molecule has 0 spiro atoms. The van der Waals surface area contributed by atoms with Crippen LogP contribution in [0.15, 0.2) is 46.7 Å². The van der Waals surface area contributed by atoms with Gasteiger partial charge in [-0.1, -0.05) is 72.1 Å². The third kappa shape index (κ3) is 5.88. The topological polar surface area (TPSA) is 100 Å². The van der Waals surface area contributed by atoms with Crippen LogP contribution in [0, 0.1) is 17.0 Å². The molecular formula is C26H24Cl2N4O4S2. The summed E-state index contributed by atoms with van der Waals surface area (Å²) in [6.45, 7) is 3.89. The van der Waals surface area contributed by atoms with E-state index in [9.17, 15) is 14.9 Å². The number of carbonyl (C=O) groups excluding carboxylic acids is 1. The van der Waals surface area contributed by atoms with Gasteiger partial charge in [-0.05, 0) is 31.2 Å². The summed E-state index contributed by atoms with van der Waals surface area (Å²) >= 11 is 15.5. The summed E-state index contributed by atoms with van der Waals surface area (Å²) in [5.74, 6) is 0.294. The molecule has 0 N–H and O–H groups in total. The highest BCUT2D eigenvalue weighted by molar-refractivity contribution is 8.01. The Bertz CT molecular complexity index is 1500. The van der Waals surface area contributed by atoms with Crippen LogP contribution in [0.25, 0.3) is 16.4 Å².